The summed E-state index contributed by atoms with van der Waals surface area (Å²) < 4.78 is 5.28. The van der Waals surface area contributed by atoms with E-state index >= 15 is 0 Å². The van der Waals surface area contributed by atoms with Crippen molar-refractivity contribution in [3.8, 4) is 0 Å². The fourth-order valence-corrected chi connectivity index (χ4v) is 1.83. The van der Waals surface area contributed by atoms with Gasteiger partial charge in [0.15, 0.2) is 0 Å². The molecule has 1 aromatic rings. The standard InChI is InChI=1S/C11H12ClNO2/c12-10-6-9(7-13-10)15-11(14)8-4-2-1-3-5-8/h1-5,9-10,13H,6-7H2. The lowest BCUT2D eigenvalue weighted by atomic mass is 10.2. The van der Waals surface area contributed by atoms with Crippen LogP contribution >= 0.6 is 11.6 Å². The molecule has 0 radical (unpaired) electrons. The Morgan fingerprint density at radius 2 is 2.13 bits per heavy atom. The molecule has 0 amide bonds. The monoisotopic (exact) mass is 225 g/mol. The van der Waals surface area contributed by atoms with E-state index in [4.69, 9.17) is 16.3 Å². The lowest BCUT2D eigenvalue weighted by Crippen LogP contribution is -2.21. The third-order valence-electron chi connectivity index (χ3n) is 2.32. The second kappa shape index (κ2) is 4.64. The van der Waals surface area contributed by atoms with E-state index in [1.165, 1.54) is 0 Å². The Labute approximate surface area is 93.4 Å². The van der Waals surface area contributed by atoms with Gasteiger partial charge in [-0.2, -0.15) is 0 Å². The summed E-state index contributed by atoms with van der Waals surface area (Å²) >= 11 is 5.83. The molecule has 15 heavy (non-hydrogen) atoms. The molecule has 1 heterocycles. The summed E-state index contributed by atoms with van der Waals surface area (Å²) in [4.78, 5) is 11.6. The topological polar surface area (TPSA) is 38.3 Å². The number of nitrogens with one attached hydrogen (secondary N) is 1. The number of alkyl halides is 1. The van der Waals surface area contributed by atoms with Crippen molar-refractivity contribution in [2.45, 2.75) is 18.0 Å². The van der Waals surface area contributed by atoms with Crippen LogP contribution in [-0.4, -0.2) is 24.1 Å². The smallest absolute Gasteiger partial charge is 0.338 e. The number of hydrogen-bond acceptors (Lipinski definition) is 3. The first kappa shape index (κ1) is 10.5. The lowest BCUT2D eigenvalue weighted by molar-refractivity contribution is 0.0343. The Hall–Kier alpha value is -1.06. The van der Waals surface area contributed by atoms with Crippen LogP contribution < -0.4 is 5.32 Å². The van der Waals surface area contributed by atoms with Gasteiger partial charge >= 0.3 is 5.97 Å². The van der Waals surface area contributed by atoms with Gasteiger partial charge in [0.25, 0.3) is 0 Å². The maximum Gasteiger partial charge on any atom is 0.338 e. The highest BCUT2D eigenvalue weighted by Gasteiger charge is 2.25. The summed E-state index contributed by atoms with van der Waals surface area (Å²) in [6.07, 6.45) is 0.556. The number of rotatable bonds is 2. The predicted molar refractivity (Wildman–Crippen MR) is 57.9 cm³/mol. The van der Waals surface area contributed by atoms with Crippen LogP contribution in [0, 0.1) is 0 Å². The van der Waals surface area contributed by atoms with Crippen molar-refractivity contribution in [3.05, 3.63) is 35.9 Å². The molecule has 0 aliphatic carbocycles. The van der Waals surface area contributed by atoms with Crippen LogP contribution in [0.5, 0.6) is 0 Å². The molecule has 1 aliphatic heterocycles. The minimum atomic E-state index is -0.284. The number of hydrogen-bond donors (Lipinski definition) is 1. The third kappa shape index (κ3) is 2.70. The Kier molecular flexibility index (Phi) is 3.23. The predicted octanol–water partition coefficient (Wildman–Crippen LogP) is 1.77. The molecule has 1 N–H and O–H groups in total. The van der Waals surface area contributed by atoms with Crippen LogP contribution in [-0.2, 0) is 4.74 Å². The Morgan fingerprint density at radius 3 is 2.73 bits per heavy atom. The van der Waals surface area contributed by atoms with Gasteiger partial charge in [0.1, 0.15) is 6.10 Å². The van der Waals surface area contributed by atoms with E-state index in [0.717, 1.165) is 0 Å². The Morgan fingerprint density at radius 1 is 1.40 bits per heavy atom. The summed E-state index contributed by atoms with van der Waals surface area (Å²) in [6, 6.07) is 8.97. The molecule has 2 rings (SSSR count). The van der Waals surface area contributed by atoms with Gasteiger partial charge < -0.3 is 4.74 Å². The van der Waals surface area contributed by atoms with Crippen molar-refractivity contribution in [3.63, 3.8) is 0 Å². The van der Waals surface area contributed by atoms with Gasteiger partial charge in [-0.25, -0.2) is 4.79 Å². The molecule has 0 bridgehead atoms. The van der Waals surface area contributed by atoms with Gasteiger partial charge in [-0.15, -0.1) is 11.6 Å². The van der Waals surface area contributed by atoms with Crippen molar-refractivity contribution in [1.29, 1.82) is 0 Å². The molecule has 1 aromatic carbocycles. The maximum absolute atomic E-state index is 11.6. The van der Waals surface area contributed by atoms with Crippen LogP contribution in [0.15, 0.2) is 30.3 Å². The zero-order chi connectivity index (χ0) is 10.7. The summed E-state index contributed by atoms with van der Waals surface area (Å²) in [5, 5.41) is 3.01. The first-order valence-electron chi connectivity index (χ1n) is 4.89. The summed E-state index contributed by atoms with van der Waals surface area (Å²) in [7, 11) is 0. The van der Waals surface area contributed by atoms with E-state index in [1.807, 2.05) is 18.2 Å². The van der Waals surface area contributed by atoms with Crippen LogP contribution in [0.3, 0.4) is 0 Å². The molecular formula is C11H12ClNO2. The van der Waals surface area contributed by atoms with E-state index in [0.29, 0.717) is 18.5 Å². The molecule has 2 unspecified atom stereocenters. The average Bonchev–Trinajstić information content (AvgIpc) is 2.65. The van der Waals surface area contributed by atoms with Crippen LogP contribution in [0.25, 0.3) is 0 Å². The number of carbonyl (C=O) groups excluding carboxylic acids is 1. The van der Waals surface area contributed by atoms with Crippen molar-refractivity contribution < 1.29 is 9.53 Å². The van der Waals surface area contributed by atoms with Gasteiger partial charge in [0.2, 0.25) is 0 Å². The minimum Gasteiger partial charge on any atom is -0.457 e. The van der Waals surface area contributed by atoms with E-state index in [2.05, 4.69) is 5.32 Å². The van der Waals surface area contributed by atoms with E-state index in [1.54, 1.807) is 12.1 Å². The number of benzene rings is 1. The first-order chi connectivity index (χ1) is 7.25. The highest BCUT2D eigenvalue weighted by molar-refractivity contribution is 6.20. The average molecular weight is 226 g/mol. The normalized spacial score (nSPS) is 25.1. The van der Waals surface area contributed by atoms with Crippen molar-refractivity contribution in [2.75, 3.05) is 6.54 Å². The van der Waals surface area contributed by atoms with Crippen molar-refractivity contribution >= 4 is 17.6 Å². The highest BCUT2D eigenvalue weighted by atomic mass is 35.5. The van der Waals surface area contributed by atoms with Crippen LogP contribution in [0.1, 0.15) is 16.8 Å². The van der Waals surface area contributed by atoms with E-state index in [9.17, 15) is 4.79 Å². The van der Waals surface area contributed by atoms with Crippen LogP contribution in [0.2, 0.25) is 0 Å². The van der Waals surface area contributed by atoms with Crippen molar-refractivity contribution in [1.82, 2.24) is 5.32 Å². The lowest BCUT2D eigenvalue weighted by Gasteiger charge is -2.10. The van der Waals surface area contributed by atoms with Gasteiger partial charge in [-0.3, -0.25) is 5.32 Å². The molecular weight excluding hydrogens is 214 g/mol. The second-order valence-electron chi connectivity index (χ2n) is 3.50. The summed E-state index contributed by atoms with van der Waals surface area (Å²) in [5.41, 5.74) is 0.495. The molecule has 1 aliphatic rings. The molecule has 0 saturated carbocycles. The summed E-state index contributed by atoms with van der Waals surface area (Å²) in [5.74, 6) is -0.284. The minimum absolute atomic E-state index is 0.0847. The van der Waals surface area contributed by atoms with Gasteiger partial charge in [0, 0.05) is 13.0 Å². The second-order valence-corrected chi connectivity index (χ2v) is 4.03. The fourth-order valence-electron chi connectivity index (χ4n) is 1.54. The molecule has 80 valence electrons. The number of ether oxygens (including phenoxy) is 1. The molecule has 1 saturated heterocycles. The molecule has 1 fully saturated rings. The molecule has 0 aromatic heterocycles. The maximum atomic E-state index is 11.6. The van der Waals surface area contributed by atoms with Gasteiger partial charge in [0.05, 0.1) is 11.1 Å². The van der Waals surface area contributed by atoms with E-state index < -0.39 is 0 Å². The number of halogens is 1. The Bertz CT molecular complexity index is 342. The zero-order valence-corrected chi connectivity index (χ0v) is 8.91. The Balaban J connectivity index is 1.93. The number of carbonyl (C=O) groups is 1. The van der Waals surface area contributed by atoms with Crippen molar-refractivity contribution in [2.24, 2.45) is 0 Å². The largest absolute Gasteiger partial charge is 0.457 e. The quantitative estimate of drug-likeness (QED) is 0.474. The molecule has 2 atom stereocenters. The molecule has 0 spiro atoms. The van der Waals surface area contributed by atoms with E-state index in [-0.39, 0.29) is 17.6 Å². The zero-order valence-electron chi connectivity index (χ0n) is 8.15. The third-order valence-corrected chi connectivity index (χ3v) is 2.65. The SMILES string of the molecule is O=C(OC1CNC(Cl)C1)c1ccccc1. The fraction of sp³-hybridized carbons (Fsp3) is 0.364. The number of esters is 1. The van der Waals surface area contributed by atoms with Gasteiger partial charge in [-0.1, -0.05) is 18.2 Å². The molecule has 4 heteroatoms. The summed E-state index contributed by atoms with van der Waals surface area (Å²) in [6.45, 7) is 0.632. The van der Waals surface area contributed by atoms with Gasteiger partial charge in [-0.05, 0) is 12.1 Å². The molecule has 3 nitrogen and oxygen atoms in total. The first-order valence-corrected chi connectivity index (χ1v) is 5.33. The highest BCUT2D eigenvalue weighted by Crippen LogP contribution is 2.15. The van der Waals surface area contributed by atoms with Crippen LogP contribution in [0.4, 0.5) is 0 Å².